The van der Waals surface area contributed by atoms with E-state index in [2.05, 4.69) is 0 Å². The molecule has 0 amide bonds. The zero-order valence-electron chi connectivity index (χ0n) is 9.75. The van der Waals surface area contributed by atoms with Gasteiger partial charge in [0.25, 0.3) is 0 Å². The van der Waals surface area contributed by atoms with E-state index in [-0.39, 0.29) is 11.7 Å². The number of hydrogen-bond donors (Lipinski definition) is 1. The molecule has 1 N–H and O–H groups in total. The van der Waals surface area contributed by atoms with Crippen molar-refractivity contribution in [1.82, 2.24) is 0 Å². The molecule has 94 valence electrons. The van der Waals surface area contributed by atoms with E-state index in [9.17, 15) is 9.50 Å². The van der Waals surface area contributed by atoms with Gasteiger partial charge in [-0.1, -0.05) is 18.5 Å². The smallest absolute Gasteiger partial charge is 0.123 e. The van der Waals surface area contributed by atoms with Crippen molar-refractivity contribution in [2.75, 3.05) is 13.2 Å². The van der Waals surface area contributed by atoms with Gasteiger partial charge in [0, 0.05) is 30.4 Å². The monoisotopic (exact) mass is 258 g/mol. The van der Waals surface area contributed by atoms with Gasteiger partial charge in [0.15, 0.2) is 0 Å². The lowest BCUT2D eigenvalue weighted by Gasteiger charge is -2.38. The maximum Gasteiger partial charge on any atom is 0.123 e. The molecule has 1 heterocycles. The Hall–Kier alpha value is -0.640. The third-order valence-electron chi connectivity index (χ3n) is 3.47. The third-order valence-corrected chi connectivity index (χ3v) is 3.84. The number of benzene rings is 1. The summed E-state index contributed by atoms with van der Waals surface area (Å²) in [5.41, 5.74) is -0.196. The maximum absolute atomic E-state index is 13.2. The highest BCUT2D eigenvalue weighted by atomic mass is 35.5. The molecule has 0 radical (unpaired) electrons. The second-order valence-electron chi connectivity index (χ2n) is 4.74. The van der Waals surface area contributed by atoms with Gasteiger partial charge in [-0.2, -0.15) is 0 Å². The lowest BCUT2D eigenvalue weighted by atomic mass is 9.80. The first-order valence-corrected chi connectivity index (χ1v) is 6.13. The molecule has 1 aromatic rings. The minimum Gasteiger partial charge on any atom is -0.389 e. The van der Waals surface area contributed by atoms with Crippen LogP contribution in [-0.4, -0.2) is 23.9 Å². The van der Waals surface area contributed by atoms with Crippen LogP contribution < -0.4 is 0 Å². The van der Waals surface area contributed by atoms with Crippen molar-refractivity contribution in [3.8, 4) is 0 Å². The molecule has 0 aromatic heterocycles. The average Bonchev–Trinajstić information content (AvgIpc) is 2.28. The van der Waals surface area contributed by atoms with Gasteiger partial charge in [0.2, 0.25) is 0 Å². The molecule has 1 aliphatic rings. The lowest BCUT2D eigenvalue weighted by Crippen LogP contribution is -2.45. The maximum atomic E-state index is 13.2. The highest BCUT2D eigenvalue weighted by Crippen LogP contribution is 2.32. The molecule has 2 atom stereocenters. The molecule has 4 heteroatoms. The van der Waals surface area contributed by atoms with Crippen LogP contribution in [-0.2, 0) is 11.2 Å². The summed E-state index contributed by atoms with van der Waals surface area (Å²) in [5, 5.41) is 11.0. The van der Waals surface area contributed by atoms with Crippen LogP contribution in [0.25, 0.3) is 0 Å². The number of halogens is 2. The topological polar surface area (TPSA) is 29.5 Å². The molecule has 17 heavy (non-hydrogen) atoms. The first-order valence-electron chi connectivity index (χ1n) is 5.75. The summed E-state index contributed by atoms with van der Waals surface area (Å²) in [6, 6.07) is 4.24. The van der Waals surface area contributed by atoms with Crippen molar-refractivity contribution in [3.63, 3.8) is 0 Å². The van der Waals surface area contributed by atoms with Crippen molar-refractivity contribution < 1.29 is 14.2 Å². The summed E-state index contributed by atoms with van der Waals surface area (Å²) in [4.78, 5) is 0. The van der Waals surface area contributed by atoms with E-state index < -0.39 is 5.60 Å². The average molecular weight is 259 g/mol. The highest BCUT2D eigenvalue weighted by molar-refractivity contribution is 6.31. The van der Waals surface area contributed by atoms with Gasteiger partial charge in [0.1, 0.15) is 5.82 Å². The number of rotatable bonds is 2. The Labute approximate surface area is 105 Å². The summed E-state index contributed by atoms with van der Waals surface area (Å²) in [5.74, 6) is -0.303. The minimum atomic E-state index is -0.852. The summed E-state index contributed by atoms with van der Waals surface area (Å²) >= 11 is 6.02. The summed E-state index contributed by atoms with van der Waals surface area (Å²) in [7, 11) is 0. The Kier molecular flexibility index (Phi) is 3.71. The summed E-state index contributed by atoms with van der Waals surface area (Å²) < 4.78 is 18.5. The van der Waals surface area contributed by atoms with Gasteiger partial charge in [-0.3, -0.25) is 0 Å². The van der Waals surface area contributed by atoms with E-state index in [0.29, 0.717) is 36.6 Å². The van der Waals surface area contributed by atoms with Crippen molar-refractivity contribution in [3.05, 3.63) is 34.6 Å². The Morgan fingerprint density at radius 2 is 2.35 bits per heavy atom. The van der Waals surface area contributed by atoms with Crippen LogP contribution in [0.2, 0.25) is 5.02 Å². The second-order valence-corrected chi connectivity index (χ2v) is 5.15. The van der Waals surface area contributed by atoms with Gasteiger partial charge in [0.05, 0.1) is 12.2 Å². The molecule has 2 unspecified atom stereocenters. The van der Waals surface area contributed by atoms with Crippen LogP contribution >= 0.6 is 11.6 Å². The number of ether oxygens (including phenoxy) is 1. The lowest BCUT2D eigenvalue weighted by molar-refractivity contribution is -0.105. The van der Waals surface area contributed by atoms with E-state index in [1.807, 2.05) is 6.92 Å². The molecule has 0 spiro atoms. The Morgan fingerprint density at radius 3 is 3.06 bits per heavy atom. The molecule has 2 rings (SSSR count). The molecule has 2 nitrogen and oxygen atoms in total. The molecular weight excluding hydrogens is 243 g/mol. The van der Waals surface area contributed by atoms with Crippen LogP contribution in [0.3, 0.4) is 0 Å². The fraction of sp³-hybridized carbons (Fsp3) is 0.538. The summed E-state index contributed by atoms with van der Waals surface area (Å²) in [6.07, 6.45) is 0.926. The van der Waals surface area contributed by atoms with E-state index >= 15 is 0 Å². The largest absolute Gasteiger partial charge is 0.389 e. The van der Waals surface area contributed by atoms with E-state index in [1.165, 1.54) is 18.2 Å². The minimum absolute atomic E-state index is 0.0237. The van der Waals surface area contributed by atoms with Crippen molar-refractivity contribution in [1.29, 1.82) is 0 Å². The van der Waals surface area contributed by atoms with E-state index in [1.54, 1.807) is 0 Å². The molecule has 1 saturated heterocycles. The molecular formula is C13H16ClFO2. The highest BCUT2D eigenvalue weighted by Gasteiger charge is 2.37. The summed E-state index contributed by atoms with van der Waals surface area (Å²) in [6.45, 7) is 3.00. The normalized spacial score (nSPS) is 29.3. The van der Waals surface area contributed by atoms with Crippen molar-refractivity contribution in [2.45, 2.75) is 25.4 Å². The van der Waals surface area contributed by atoms with Crippen LogP contribution in [0.4, 0.5) is 4.39 Å². The second kappa shape index (κ2) is 4.92. The zero-order valence-corrected chi connectivity index (χ0v) is 10.5. The molecule has 1 fully saturated rings. The Bertz CT molecular complexity index is 410. The molecule has 1 aromatic carbocycles. The van der Waals surface area contributed by atoms with Crippen LogP contribution in [0.15, 0.2) is 18.2 Å². The van der Waals surface area contributed by atoms with E-state index in [0.717, 1.165) is 0 Å². The number of hydrogen-bond acceptors (Lipinski definition) is 2. The molecule has 1 aliphatic heterocycles. The first-order chi connectivity index (χ1) is 8.01. The fourth-order valence-electron chi connectivity index (χ4n) is 2.18. The number of aliphatic hydroxyl groups is 1. The van der Waals surface area contributed by atoms with Gasteiger partial charge in [-0.05, 0) is 23.8 Å². The SMILES string of the molecule is CC1COCCC1(O)Cc1cc(F)ccc1Cl. The first kappa shape index (κ1) is 12.8. The fourth-order valence-corrected chi connectivity index (χ4v) is 2.37. The quantitative estimate of drug-likeness (QED) is 0.884. The Morgan fingerprint density at radius 1 is 1.59 bits per heavy atom. The van der Waals surface area contributed by atoms with Crippen LogP contribution in [0, 0.1) is 11.7 Å². The molecule has 0 saturated carbocycles. The third kappa shape index (κ3) is 2.79. The molecule has 0 bridgehead atoms. The van der Waals surface area contributed by atoms with Gasteiger partial charge < -0.3 is 9.84 Å². The zero-order chi connectivity index (χ0) is 12.5. The van der Waals surface area contributed by atoms with Gasteiger partial charge >= 0.3 is 0 Å². The van der Waals surface area contributed by atoms with Crippen molar-refractivity contribution >= 4 is 11.6 Å². The van der Waals surface area contributed by atoms with Crippen LogP contribution in [0.5, 0.6) is 0 Å². The van der Waals surface area contributed by atoms with Crippen molar-refractivity contribution in [2.24, 2.45) is 5.92 Å². The Balaban J connectivity index is 2.21. The van der Waals surface area contributed by atoms with Crippen LogP contribution in [0.1, 0.15) is 18.9 Å². The predicted molar refractivity (Wildman–Crippen MR) is 64.7 cm³/mol. The predicted octanol–water partition coefficient (Wildman–Crippen LogP) is 2.81. The van der Waals surface area contributed by atoms with Gasteiger partial charge in [-0.15, -0.1) is 0 Å². The molecule has 0 aliphatic carbocycles. The van der Waals surface area contributed by atoms with Gasteiger partial charge in [-0.25, -0.2) is 4.39 Å². The van der Waals surface area contributed by atoms with E-state index in [4.69, 9.17) is 16.3 Å². The standard InChI is InChI=1S/C13H16ClFO2/c1-9-8-17-5-4-13(9,16)7-10-6-11(15)2-3-12(10)14/h2-3,6,9,16H,4-5,7-8H2,1H3.